The Bertz CT molecular complexity index is 651. The fourth-order valence-corrected chi connectivity index (χ4v) is 2.91. The van der Waals surface area contributed by atoms with E-state index in [1.165, 1.54) is 0 Å². The van der Waals surface area contributed by atoms with E-state index in [1.807, 2.05) is 13.0 Å². The number of aryl methyl sites for hydroxylation is 1. The van der Waals surface area contributed by atoms with Gasteiger partial charge >= 0.3 is 0 Å². The van der Waals surface area contributed by atoms with Crippen LogP contribution in [0.2, 0.25) is 5.02 Å². The van der Waals surface area contributed by atoms with Crippen LogP contribution in [-0.4, -0.2) is 19.6 Å². The fraction of sp³-hybridized carbons (Fsp3) is 0.188. The molecule has 2 aromatic rings. The number of benzene rings is 2. The second kappa shape index (κ2) is 7.51. The average Bonchev–Trinajstić information content (AvgIpc) is 2.47. The highest BCUT2D eigenvalue weighted by Gasteiger charge is 2.10. The summed E-state index contributed by atoms with van der Waals surface area (Å²) in [4.78, 5) is 11.9. The molecule has 0 unspecified atom stereocenters. The van der Waals surface area contributed by atoms with Gasteiger partial charge in [0.05, 0.1) is 12.1 Å². The first-order valence-electron chi connectivity index (χ1n) is 6.52. The highest BCUT2D eigenvalue weighted by molar-refractivity contribution is 9.10. The Morgan fingerprint density at radius 2 is 1.95 bits per heavy atom. The fourth-order valence-electron chi connectivity index (χ4n) is 1.88. The third kappa shape index (κ3) is 4.39. The second-order valence-electron chi connectivity index (χ2n) is 4.60. The zero-order valence-electron chi connectivity index (χ0n) is 12.2. The summed E-state index contributed by atoms with van der Waals surface area (Å²) < 4.78 is 11.4. The summed E-state index contributed by atoms with van der Waals surface area (Å²) in [6.45, 7) is 1.75. The number of hydrogen-bond acceptors (Lipinski definition) is 3. The van der Waals surface area contributed by atoms with E-state index in [2.05, 4.69) is 21.2 Å². The number of halogens is 2. The molecule has 6 heteroatoms. The first kappa shape index (κ1) is 16.6. The van der Waals surface area contributed by atoms with Crippen molar-refractivity contribution in [2.45, 2.75) is 6.92 Å². The van der Waals surface area contributed by atoms with Crippen LogP contribution in [0.15, 0.2) is 40.9 Å². The van der Waals surface area contributed by atoms with Crippen molar-refractivity contribution in [1.29, 1.82) is 0 Å². The Morgan fingerprint density at radius 3 is 2.55 bits per heavy atom. The minimum Gasteiger partial charge on any atom is -0.497 e. The lowest BCUT2D eigenvalue weighted by Crippen LogP contribution is -2.20. The molecule has 0 aromatic heterocycles. The van der Waals surface area contributed by atoms with Crippen molar-refractivity contribution in [3.63, 3.8) is 0 Å². The Kier molecular flexibility index (Phi) is 5.69. The Morgan fingerprint density at radius 1 is 1.27 bits per heavy atom. The van der Waals surface area contributed by atoms with Crippen LogP contribution in [-0.2, 0) is 4.79 Å². The first-order valence-corrected chi connectivity index (χ1v) is 7.69. The van der Waals surface area contributed by atoms with E-state index in [-0.39, 0.29) is 12.5 Å². The quantitative estimate of drug-likeness (QED) is 0.829. The molecule has 0 atom stereocenters. The van der Waals surface area contributed by atoms with Crippen LogP contribution in [0, 0.1) is 6.92 Å². The molecule has 0 aliphatic heterocycles. The molecule has 4 nitrogen and oxygen atoms in total. The summed E-state index contributed by atoms with van der Waals surface area (Å²) >= 11 is 9.46. The van der Waals surface area contributed by atoms with Crippen molar-refractivity contribution >= 4 is 39.1 Å². The van der Waals surface area contributed by atoms with Crippen molar-refractivity contribution in [2.24, 2.45) is 0 Å². The molecular formula is C16H15BrClNO3. The maximum atomic E-state index is 11.9. The highest BCUT2D eigenvalue weighted by atomic mass is 79.9. The SMILES string of the molecule is COc1ccc(NC(=O)COc2c(C)cc(Br)cc2Cl)cc1. The Labute approximate surface area is 142 Å². The molecule has 0 bridgehead atoms. The van der Waals surface area contributed by atoms with Gasteiger partial charge in [-0.05, 0) is 48.9 Å². The molecule has 116 valence electrons. The van der Waals surface area contributed by atoms with Gasteiger partial charge in [-0.2, -0.15) is 0 Å². The topological polar surface area (TPSA) is 47.6 Å². The number of ether oxygens (including phenoxy) is 2. The zero-order valence-corrected chi connectivity index (χ0v) is 14.5. The predicted molar refractivity (Wildman–Crippen MR) is 91.0 cm³/mol. The summed E-state index contributed by atoms with van der Waals surface area (Å²) in [6, 6.07) is 10.7. The molecule has 2 rings (SSSR count). The van der Waals surface area contributed by atoms with E-state index < -0.39 is 0 Å². The lowest BCUT2D eigenvalue weighted by molar-refractivity contribution is -0.118. The van der Waals surface area contributed by atoms with Crippen LogP contribution in [0.1, 0.15) is 5.56 Å². The van der Waals surface area contributed by atoms with Gasteiger partial charge in [0, 0.05) is 10.2 Å². The van der Waals surface area contributed by atoms with Crippen molar-refractivity contribution in [2.75, 3.05) is 19.0 Å². The second-order valence-corrected chi connectivity index (χ2v) is 5.92. The number of carbonyl (C=O) groups is 1. The summed E-state index contributed by atoms with van der Waals surface area (Å²) in [5, 5.41) is 3.20. The van der Waals surface area contributed by atoms with Gasteiger partial charge in [0.15, 0.2) is 6.61 Å². The van der Waals surface area contributed by atoms with E-state index in [1.54, 1.807) is 37.4 Å². The van der Waals surface area contributed by atoms with Gasteiger partial charge in [0.25, 0.3) is 5.91 Å². The number of hydrogen-bond donors (Lipinski definition) is 1. The van der Waals surface area contributed by atoms with E-state index in [9.17, 15) is 4.79 Å². The maximum absolute atomic E-state index is 11.9. The van der Waals surface area contributed by atoms with Gasteiger partial charge in [0.1, 0.15) is 11.5 Å². The number of methoxy groups -OCH3 is 1. The van der Waals surface area contributed by atoms with E-state index in [0.29, 0.717) is 16.5 Å². The number of carbonyl (C=O) groups excluding carboxylic acids is 1. The summed E-state index contributed by atoms with van der Waals surface area (Å²) in [6.07, 6.45) is 0. The monoisotopic (exact) mass is 383 g/mol. The maximum Gasteiger partial charge on any atom is 0.262 e. The van der Waals surface area contributed by atoms with Crippen LogP contribution in [0.3, 0.4) is 0 Å². The third-order valence-electron chi connectivity index (χ3n) is 2.92. The summed E-state index contributed by atoms with van der Waals surface area (Å²) in [5.74, 6) is 0.977. The molecule has 0 spiro atoms. The number of anilines is 1. The van der Waals surface area contributed by atoms with Gasteiger partial charge in [-0.1, -0.05) is 27.5 Å². The lowest BCUT2D eigenvalue weighted by atomic mass is 10.2. The van der Waals surface area contributed by atoms with E-state index >= 15 is 0 Å². The van der Waals surface area contributed by atoms with E-state index in [4.69, 9.17) is 21.1 Å². The summed E-state index contributed by atoms with van der Waals surface area (Å²) in [5.41, 5.74) is 1.53. The molecule has 0 fully saturated rings. The van der Waals surface area contributed by atoms with Gasteiger partial charge in [0.2, 0.25) is 0 Å². The van der Waals surface area contributed by atoms with Gasteiger partial charge in [-0.25, -0.2) is 0 Å². The minimum atomic E-state index is -0.261. The van der Waals surface area contributed by atoms with Crippen LogP contribution >= 0.6 is 27.5 Å². The highest BCUT2D eigenvalue weighted by Crippen LogP contribution is 2.31. The minimum absolute atomic E-state index is 0.117. The Hall–Kier alpha value is -1.72. The van der Waals surface area contributed by atoms with Crippen molar-refractivity contribution in [1.82, 2.24) is 0 Å². The Balaban J connectivity index is 1.95. The molecule has 1 N–H and O–H groups in total. The zero-order chi connectivity index (χ0) is 16.1. The van der Waals surface area contributed by atoms with Crippen LogP contribution in [0.5, 0.6) is 11.5 Å². The van der Waals surface area contributed by atoms with Gasteiger partial charge in [-0.3, -0.25) is 4.79 Å². The molecule has 22 heavy (non-hydrogen) atoms. The molecule has 2 aromatic carbocycles. The largest absolute Gasteiger partial charge is 0.497 e. The number of rotatable bonds is 5. The average molecular weight is 385 g/mol. The molecule has 0 aliphatic carbocycles. The van der Waals surface area contributed by atoms with Crippen molar-refractivity contribution in [3.05, 3.63) is 51.5 Å². The van der Waals surface area contributed by atoms with Crippen LogP contribution in [0.25, 0.3) is 0 Å². The normalized spacial score (nSPS) is 10.2. The van der Waals surface area contributed by atoms with Crippen LogP contribution < -0.4 is 14.8 Å². The number of amides is 1. The predicted octanol–water partition coefficient (Wildman–Crippen LogP) is 4.44. The molecule has 0 saturated heterocycles. The van der Waals surface area contributed by atoms with E-state index in [0.717, 1.165) is 15.8 Å². The molecule has 0 saturated carbocycles. The van der Waals surface area contributed by atoms with Crippen molar-refractivity contribution < 1.29 is 14.3 Å². The van der Waals surface area contributed by atoms with Crippen LogP contribution in [0.4, 0.5) is 5.69 Å². The molecular weight excluding hydrogens is 370 g/mol. The third-order valence-corrected chi connectivity index (χ3v) is 3.65. The van der Waals surface area contributed by atoms with Gasteiger partial charge in [-0.15, -0.1) is 0 Å². The molecule has 0 radical (unpaired) electrons. The van der Waals surface area contributed by atoms with Crippen molar-refractivity contribution in [3.8, 4) is 11.5 Å². The lowest BCUT2D eigenvalue weighted by Gasteiger charge is -2.12. The molecule has 0 aliphatic rings. The standard InChI is InChI=1S/C16H15BrClNO3/c1-10-7-11(17)8-14(18)16(10)22-9-15(20)19-12-3-5-13(21-2)6-4-12/h3-8H,9H2,1-2H3,(H,19,20). The summed E-state index contributed by atoms with van der Waals surface area (Å²) in [7, 11) is 1.59. The smallest absolute Gasteiger partial charge is 0.262 e. The van der Waals surface area contributed by atoms with Gasteiger partial charge < -0.3 is 14.8 Å². The first-order chi connectivity index (χ1) is 10.5. The molecule has 1 amide bonds. The number of nitrogens with one attached hydrogen (secondary N) is 1. The molecule has 0 heterocycles.